The van der Waals surface area contributed by atoms with Gasteiger partial charge in [0.15, 0.2) is 0 Å². The molecule has 2 aliphatic carbocycles. The normalized spacial score (nSPS) is 32.0. The van der Waals surface area contributed by atoms with E-state index in [-0.39, 0.29) is 10.8 Å². The fourth-order valence-electron chi connectivity index (χ4n) is 3.22. The van der Waals surface area contributed by atoms with E-state index in [9.17, 15) is 4.39 Å². The molecule has 2 aliphatic rings. The third-order valence-electron chi connectivity index (χ3n) is 4.01. The Morgan fingerprint density at radius 2 is 2.12 bits per heavy atom. The molecule has 1 N–H and O–H groups in total. The van der Waals surface area contributed by atoms with E-state index >= 15 is 0 Å². The van der Waals surface area contributed by atoms with Crippen molar-refractivity contribution >= 4 is 17.3 Å². The number of fused-ring (bicyclic) bond motifs is 2. The number of benzene rings is 1. The van der Waals surface area contributed by atoms with Crippen LogP contribution in [0.5, 0.6) is 0 Å². The predicted octanol–water partition coefficient (Wildman–Crippen LogP) is 4.08. The maximum atomic E-state index is 13.0. The van der Waals surface area contributed by atoms with Crippen molar-refractivity contribution in [1.29, 1.82) is 0 Å². The van der Waals surface area contributed by atoms with Crippen LogP contribution in [0, 0.1) is 17.7 Å². The first-order valence-corrected chi connectivity index (χ1v) is 6.32. The van der Waals surface area contributed by atoms with Gasteiger partial charge in [0, 0.05) is 11.7 Å². The van der Waals surface area contributed by atoms with E-state index in [1.807, 2.05) is 0 Å². The number of anilines is 1. The van der Waals surface area contributed by atoms with Gasteiger partial charge in [0.2, 0.25) is 0 Å². The van der Waals surface area contributed by atoms with E-state index in [1.165, 1.54) is 31.7 Å². The van der Waals surface area contributed by atoms with E-state index < -0.39 is 0 Å². The molecule has 86 valence electrons. The van der Waals surface area contributed by atoms with Crippen LogP contribution in [0.4, 0.5) is 10.1 Å². The van der Waals surface area contributed by atoms with Crippen molar-refractivity contribution in [2.45, 2.75) is 31.7 Å². The quantitative estimate of drug-likeness (QED) is 0.820. The summed E-state index contributed by atoms with van der Waals surface area (Å²) in [5.74, 6) is 1.38. The van der Waals surface area contributed by atoms with Crippen molar-refractivity contribution in [2.75, 3.05) is 5.32 Å². The second kappa shape index (κ2) is 3.92. The molecule has 2 fully saturated rings. The van der Waals surface area contributed by atoms with Gasteiger partial charge in [0.1, 0.15) is 5.82 Å². The Bertz CT molecular complexity index is 407. The molecule has 0 saturated heterocycles. The summed E-state index contributed by atoms with van der Waals surface area (Å²) < 4.78 is 13.0. The minimum atomic E-state index is -0.347. The monoisotopic (exact) mass is 239 g/mol. The summed E-state index contributed by atoms with van der Waals surface area (Å²) >= 11 is 5.76. The largest absolute Gasteiger partial charge is 0.382 e. The van der Waals surface area contributed by atoms with Crippen LogP contribution in [-0.2, 0) is 0 Å². The lowest BCUT2D eigenvalue weighted by Crippen LogP contribution is -2.25. The molecule has 16 heavy (non-hydrogen) atoms. The van der Waals surface area contributed by atoms with Crippen LogP contribution < -0.4 is 5.32 Å². The van der Waals surface area contributed by atoms with Crippen LogP contribution in [0.15, 0.2) is 18.2 Å². The van der Waals surface area contributed by atoms with Gasteiger partial charge in [-0.3, -0.25) is 0 Å². The fourth-order valence-corrected chi connectivity index (χ4v) is 3.40. The SMILES string of the molecule is Fc1ccc(NC2CC3CCC2C3)cc1Cl. The summed E-state index contributed by atoms with van der Waals surface area (Å²) in [4.78, 5) is 0. The summed E-state index contributed by atoms with van der Waals surface area (Å²) in [6, 6.07) is 5.45. The van der Waals surface area contributed by atoms with Gasteiger partial charge in [-0.15, -0.1) is 0 Å². The topological polar surface area (TPSA) is 12.0 Å². The zero-order valence-electron chi connectivity index (χ0n) is 9.05. The first kappa shape index (κ1) is 10.4. The summed E-state index contributed by atoms with van der Waals surface area (Å²) in [7, 11) is 0. The van der Waals surface area contributed by atoms with Crippen LogP contribution in [0.2, 0.25) is 5.02 Å². The summed E-state index contributed by atoms with van der Waals surface area (Å²) in [5.41, 5.74) is 0.948. The highest BCUT2D eigenvalue weighted by Crippen LogP contribution is 2.45. The molecular weight excluding hydrogens is 225 g/mol. The molecule has 0 aliphatic heterocycles. The van der Waals surface area contributed by atoms with Crippen molar-refractivity contribution in [3.05, 3.63) is 29.0 Å². The number of halogens is 2. The number of rotatable bonds is 2. The molecule has 0 spiro atoms. The first-order chi connectivity index (χ1) is 7.72. The Morgan fingerprint density at radius 3 is 2.75 bits per heavy atom. The highest BCUT2D eigenvalue weighted by molar-refractivity contribution is 6.31. The molecule has 0 amide bonds. The second-order valence-electron chi connectivity index (χ2n) is 5.05. The molecule has 1 aromatic rings. The van der Waals surface area contributed by atoms with Gasteiger partial charge in [-0.25, -0.2) is 4.39 Å². The van der Waals surface area contributed by atoms with Crippen molar-refractivity contribution < 1.29 is 4.39 Å². The molecule has 2 bridgehead atoms. The van der Waals surface area contributed by atoms with Crippen LogP contribution in [-0.4, -0.2) is 6.04 Å². The standard InChI is InChI=1S/C13H15ClFN/c14-11-7-10(3-4-12(11)15)16-13-6-8-1-2-9(13)5-8/h3-4,7-9,13,16H,1-2,5-6H2. The van der Waals surface area contributed by atoms with Gasteiger partial charge >= 0.3 is 0 Å². The molecule has 3 heteroatoms. The number of hydrogen-bond donors (Lipinski definition) is 1. The molecule has 3 atom stereocenters. The zero-order chi connectivity index (χ0) is 11.1. The molecule has 1 aromatic carbocycles. The summed E-state index contributed by atoms with van der Waals surface area (Å²) in [6.45, 7) is 0. The lowest BCUT2D eigenvalue weighted by atomic mass is 9.95. The van der Waals surface area contributed by atoms with Crippen LogP contribution >= 0.6 is 11.6 Å². The van der Waals surface area contributed by atoms with Gasteiger partial charge in [-0.1, -0.05) is 18.0 Å². The highest BCUT2D eigenvalue weighted by atomic mass is 35.5. The Hall–Kier alpha value is -0.760. The Labute approximate surface area is 100.0 Å². The fraction of sp³-hybridized carbons (Fsp3) is 0.538. The molecular formula is C13H15ClFN. The average Bonchev–Trinajstić information content (AvgIpc) is 2.85. The van der Waals surface area contributed by atoms with Crippen molar-refractivity contribution in [3.8, 4) is 0 Å². The van der Waals surface area contributed by atoms with Gasteiger partial charge in [-0.05, 0) is 49.3 Å². The average molecular weight is 240 g/mol. The highest BCUT2D eigenvalue weighted by Gasteiger charge is 2.39. The Morgan fingerprint density at radius 1 is 1.25 bits per heavy atom. The molecule has 0 aromatic heterocycles. The molecule has 0 radical (unpaired) electrons. The molecule has 3 unspecified atom stereocenters. The van der Waals surface area contributed by atoms with E-state index in [2.05, 4.69) is 5.32 Å². The Kier molecular flexibility index (Phi) is 2.55. The van der Waals surface area contributed by atoms with Gasteiger partial charge in [0.05, 0.1) is 5.02 Å². The van der Waals surface area contributed by atoms with E-state index in [4.69, 9.17) is 11.6 Å². The third-order valence-corrected chi connectivity index (χ3v) is 4.30. The van der Waals surface area contributed by atoms with Crippen molar-refractivity contribution in [3.63, 3.8) is 0 Å². The minimum Gasteiger partial charge on any atom is -0.382 e. The first-order valence-electron chi connectivity index (χ1n) is 5.94. The second-order valence-corrected chi connectivity index (χ2v) is 5.46. The molecule has 2 saturated carbocycles. The van der Waals surface area contributed by atoms with Crippen molar-refractivity contribution in [1.82, 2.24) is 0 Å². The minimum absolute atomic E-state index is 0.202. The molecule has 3 rings (SSSR count). The molecule has 1 nitrogen and oxygen atoms in total. The van der Waals surface area contributed by atoms with E-state index in [1.54, 1.807) is 12.1 Å². The smallest absolute Gasteiger partial charge is 0.141 e. The maximum Gasteiger partial charge on any atom is 0.141 e. The number of hydrogen-bond acceptors (Lipinski definition) is 1. The van der Waals surface area contributed by atoms with Crippen LogP contribution in [0.3, 0.4) is 0 Å². The summed E-state index contributed by atoms with van der Waals surface area (Å²) in [5, 5.41) is 3.69. The van der Waals surface area contributed by atoms with E-state index in [0.717, 1.165) is 17.5 Å². The third kappa shape index (κ3) is 1.80. The lowest BCUT2D eigenvalue weighted by molar-refractivity contribution is 0.440. The van der Waals surface area contributed by atoms with Gasteiger partial charge < -0.3 is 5.32 Å². The Balaban J connectivity index is 1.72. The maximum absolute atomic E-state index is 13.0. The van der Waals surface area contributed by atoms with Crippen LogP contribution in [0.1, 0.15) is 25.7 Å². The van der Waals surface area contributed by atoms with Crippen molar-refractivity contribution in [2.24, 2.45) is 11.8 Å². The van der Waals surface area contributed by atoms with E-state index in [0.29, 0.717) is 6.04 Å². The van der Waals surface area contributed by atoms with Gasteiger partial charge in [-0.2, -0.15) is 0 Å². The number of nitrogens with one attached hydrogen (secondary N) is 1. The zero-order valence-corrected chi connectivity index (χ0v) is 9.80. The summed E-state index contributed by atoms with van der Waals surface area (Å²) in [6.07, 6.45) is 5.37. The molecule has 0 heterocycles. The lowest BCUT2D eigenvalue weighted by Gasteiger charge is -2.24. The predicted molar refractivity (Wildman–Crippen MR) is 64.3 cm³/mol. The van der Waals surface area contributed by atoms with Gasteiger partial charge in [0.25, 0.3) is 0 Å². The van der Waals surface area contributed by atoms with Crippen LogP contribution in [0.25, 0.3) is 0 Å².